The molecule has 138 valence electrons. The van der Waals surface area contributed by atoms with Crippen molar-refractivity contribution in [3.05, 3.63) is 83.8 Å². The van der Waals surface area contributed by atoms with Gasteiger partial charge in [0.1, 0.15) is 5.82 Å². The maximum atomic E-state index is 12.9. The van der Waals surface area contributed by atoms with Crippen molar-refractivity contribution in [1.82, 2.24) is 20.1 Å². The van der Waals surface area contributed by atoms with Gasteiger partial charge in [0.25, 0.3) is 5.91 Å². The van der Waals surface area contributed by atoms with Crippen LogP contribution in [0, 0.1) is 0 Å². The van der Waals surface area contributed by atoms with E-state index in [1.54, 1.807) is 29.4 Å². The van der Waals surface area contributed by atoms with Crippen molar-refractivity contribution in [2.24, 2.45) is 0 Å². The van der Waals surface area contributed by atoms with Gasteiger partial charge in [-0.3, -0.25) is 9.78 Å². The predicted octanol–water partition coefficient (Wildman–Crippen LogP) is 3.53. The number of carbonyl (C=O) groups is 1. The lowest BCUT2D eigenvalue weighted by Crippen LogP contribution is -2.37. The first-order valence-electron chi connectivity index (χ1n) is 8.95. The topological polar surface area (TPSA) is 71.0 Å². The number of nitrogens with zero attached hydrogens (tertiary/aromatic N) is 4. The summed E-state index contributed by atoms with van der Waals surface area (Å²) in [5.74, 6) is 0.495. The predicted molar refractivity (Wildman–Crippen MR) is 105 cm³/mol. The van der Waals surface area contributed by atoms with Crippen molar-refractivity contribution < 1.29 is 4.79 Å². The van der Waals surface area contributed by atoms with E-state index >= 15 is 0 Å². The second kappa shape index (κ2) is 8.89. The van der Waals surface area contributed by atoms with E-state index in [9.17, 15) is 4.79 Å². The molecule has 0 aliphatic heterocycles. The van der Waals surface area contributed by atoms with E-state index in [0.29, 0.717) is 24.6 Å². The van der Waals surface area contributed by atoms with Crippen LogP contribution in [0.1, 0.15) is 35.5 Å². The number of anilines is 1. The lowest BCUT2D eigenvalue weighted by atomic mass is 10.1. The summed E-state index contributed by atoms with van der Waals surface area (Å²) in [6, 6.07) is 17.4. The molecule has 1 aromatic carbocycles. The molecule has 0 saturated carbocycles. The number of aromatic nitrogens is 3. The monoisotopic (exact) mass is 361 g/mol. The Bertz CT molecular complexity index is 851. The maximum absolute atomic E-state index is 12.9. The van der Waals surface area contributed by atoms with Gasteiger partial charge in [-0.25, -0.2) is 0 Å². The first-order chi connectivity index (χ1) is 13.1. The van der Waals surface area contributed by atoms with Gasteiger partial charge in [0.15, 0.2) is 5.69 Å². The molecule has 6 nitrogen and oxygen atoms in total. The summed E-state index contributed by atoms with van der Waals surface area (Å²) in [6.45, 7) is 5.14. The number of hydrogen-bond acceptors (Lipinski definition) is 5. The quantitative estimate of drug-likeness (QED) is 0.697. The highest BCUT2D eigenvalue weighted by Crippen LogP contribution is 2.13. The molecule has 0 radical (unpaired) electrons. The van der Waals surface area contributed by atoms with Crippen LogP contribution in [0.4, 0.5) is 5.82 Å². The normalized spacial score (nSPS) is 10.6. The smallest absolute Gasteiger partial charge is 0.274 e. The number of rotatable bonds is 7. The van der Waals surface area contributed by atoms with Gasteiger partial charge >= 0.3 is 0 Å². The summed E-state index contributed by atoms with van der Waals surface area (Å²) in [7, 11) is 0. The Morgan fingerprint density at radius 3 is 2.41 bits per heavy atom. The number of benzene rings is 1. The zero-order valence-electron chi connectivity index (χ0n) is 15.5. The van der Waals surface area contributed by atoms with Crippen molar-refractivity contribution >= 4 is 11.7 Å². The molecular formula is C21H23N5O. The van der Waals surface area contributed by atoms with E-state index in [-0.39, 0.29) is 11.9 Å². The number of nitrogens with one attached hydrogen (secondary N) is 1. The minimum absolute atomic E-state index is 0.0582. The molecule has 27 heavy (non-hydrogen) atoms. The molecule has 3 rings (SSSR count). The zero-order valence-corrected chi connectivity index (χ0v) is 15.5. The van der Waals surface area contributed by atoms with Crippen molar-refractivity contribution in [2.45, 2.75) is 33.0 Å². The van der Waals surface area contributed by atoms with Gasteiger partial charge in [0, 0.05) is 31.5 Å². The van der Waals surface area contributed by atoms with Gasteiger partial charge < -0.3 is 10.2 Å². The summed E-state index contributed by atoms with van der Waals surface area (Å²) < 4.78 is 0. The second-order valence-electron chi connectivity index (χ2n) is 6.53. The molecule has 0 fully saturated rings. The molecule has 3 aromatic rings. The SMILES string of the molecule is CC(C)N(Cc1ccccc1)C(=O)c1ccc(NCc2cccnc2)nn1. The van der Waals surface area contributed by atoms with Crippen LogP contribution in [0.2, 0.25) is 0 Å². The van der Waals surface area contributed by atoms with Crippen LogP contribution in [0.25, 0.3) is 0 Å². The fraction of sp³-hybridized carbons (Fsp3) is 0.238. The first kappa shape index (κ1) is 18.5. The van der Waals surface area contributed by atoms with E-state index in [1.807, 2.05) is 56.3 Å². The lowest BCUT2D eigenvalue weighted by molar-refractivity contribution is 0.0683. The molecule has 6 heteroatoms. The van der Waals surface area contributed by atoms with Crippen LogP contribution in [0.3, 0.4) is 0 Å². The number of hydrogen-bond donors (Lipinski definition) is 1. The Morgan fingerprint density at radius 2 is 1.78 bits per heavy atom. The maximum Gasteiger partial charge on any atom is 0.274 e. The van der Waals surface area contributed by atoms with Crippen molar-refractivity contribution in [3.63, 3.8) is 0 Å². The average molecular weight is 361 g/mol. The van der Waals surface area contributed by atoms with Gasteiger partial charge in [-0.15, -0.1) is 10.2 Å². The van der Waals surface area contributed by atoms with Crippen LogP contribution < -0.4 is 5.32 Å². The largest absolute Gasteiger partial charge is 0.364 e. The molecule has 0 saturated heterocycles. The van der Waals surface area contributed by atoms with Crippen LogP contribution in [0.15, 0.2) is 67.0 Å². The number of amides is 1. The molecular weight excluding hydrogens is 338 g/mol. The molecule has 1 N–H and O–H groups in total. The molecule has 0 atom stereocenters. The molecule has 0 unspecified atom stereocenters. The highest BCUT2D eigenvalue weighted by molar-refractivity contribution is 5.92. The minimum Gasteiger partial charge on any atom is -0.364 e. The molecule has 0 spiro atoms. The fourth-order valence-corrected chi connectivity index (χ4v) is 2.65. The van der Waals surface area contributed by atoms with Gasteiger partial charge in [0.05, 0.1) is 0 Å². The molecule has 2 aromatic heterocycles. The van der Waals surface area contributed by atoms with E-state index < -0.39 is 0 Å². The van der Waals surface area contributed by atoms with Crippen LogP contribution in [0.5, 0.6) is 0 Å². The summed E-state index contributed by atoms with van der Waals surface area (Å²) in [4.78, 5) is 18.7. The zero-order chi connectivity index (χ0) is 19.1. The van der Waals surface area contributed by atoms with Gasteiger partial charge in [-0.2, -0.15) is 0 Å². The van der Waals surface area contributed by atoms with Crippen molar-refractivity contribution in [1.29, 1.82) is 0 Å². The Morgan fingerprint density at radius 1 is 1.00 bits per heavy atom. The Labute approximate surface area is 159 Å². The highest BCUT2D eigenvalue weighted by Gasteiger charge is 2.20. The van der Waals surface area contributed by atoms with Crippen molar-refractivity contribution in [2.75, 3.05) is 5.32 Å². The summed E-state index contributed by atoms with van der Waals surface area (Å²) in [5, 5.41) is 11.4. The third kappa shape index (κ3) is 5.10. The third-order valence-electron chi connectivity index (χ3n) is 4.16. The summed E-state index contributed by atoms with van der Waals surface area (Å²) >= 11 is 0. The van der Waals surface area contributed by atoms with Crippen LogP contribution in [-0.4, -0.2) is 32.0 Å². The molecule has 1 amide bonds. The fourth-order valence-electron chi connectivity index (χ4n) is 2.65. The Hall–Kier alpha value is -3.28. The summed E-state index contributed by atoms with van der Waals surface area (Å²) in [5.41, 5.74) is 2.47. The standard InChI is InChI=1S/C21H23N5O/c1-16(2)26(15-17-7-4-3-5-8-17)21(27)19-10-11-20(25-24-19)23-14-18-9-6-12-22-13-18/h3-13,16H,14-15H2,1-2H3,(H,23,25). The van der Waals surface area contributed by atoms with Crippen molar-refractivity contribution in [3.8, 4) is 0 Å². The van der Waals surface area contributed by atoms with E-state index in [1.165, 1.54) is 0 Å². The summed E-state index contributed by atoms with van der Waals surface area (Å²) in [6.07, 6.45) is 3.53. The highest BCUT2D eigenvalue weighted by atomic mass is 16.2. The lowest BCUT2D eigenvalue weighted by Gasteiger charge is -2.26. The molecule has 0 aliphatic carbocycles. The molecule has 2 heterocycles. The average Bonchev–Trinajstić information content (AvgIpc) is 2.72. The van der Waals surface area contributed by atoms with E-state index in [4.69, 9.17) is 0 Å². The van der Waals surface area contributed by atoms with Gasteiger partial charge in [0.2, 0.25) is 0 Å². The van der Waals surface area contributed by atoms with E-state index in [0.717, 1.165) is 11.1 Å². The number of pyridine rings is 1. The van der Waals surface area contributed by atoms with E-state index in [2.05, 4.69) is 20.5 Å². The first-order valence-corrected chi connectivity index (χ1v) is 8.95. The van der Waals surface area contributed by atoms with Crippen LogP contribution in [-0.2, 0) is 13.1 Å². The Balaban J connectivity index is 1.66. The van der Waals surface area contributed by atoms with Gasteiger partial charge in [-0.1, -0.05) is 36.4 Å². The van der Waals surface area contributed by atoms with Crippen LogP contribution >= 0.6 is 0 Å². The minimum atomic E-state index is -0.125. The molecule has 0 aliphatic rings. The molecule has 0 bridgehead atoms. The Kier molecular flexibility index (Phi) is 6.10. The third-order valence-corrected chi connectivity index (χ3v) is 4.16. The van der Waals surface area contributed by atoms with Gasteiger partial charge in [-0.05, 0) is 43.2 Å². The second-order valence-corrected chi connectivity index (χ2v) is 6.53. The number of carbonyl (C=O) groups excluding carboxylic acids is 1.